The first-order valence-electron chi connectivity index (χ1n) is 7.29. The molecule has 0 heterocycles. The molecule has 1 fully saturated rings. The molecular formula is C14H20Br8. The van der Waals surface area contributed by atoms with E-state index >= 15 is 0 Å². The van der Waals surface area contributed by atoms with Crippen molar-refractivity contribution in [3.63, 3.8) is 0 Å². The lowest BCUT2D eigenvalue weighted by molar-refractivity contribution is 0.266. The minimum Gasteiger partial charge on any atom is -0.0916 e. The lowest BCUT2D eigenvalue weighted by Gasteiger charge is -2.37. The highest BCUT2D eigenvalue weighted by Crippen LogP contribution is 2.42. The second-order valence-corrected chi connectivity index (χ2v) is 13.7. The molecule has 0 nitrogen and oxygen atoms in total. The third-order valence-corrected chi connectivity index (χ3v) is 17.1. The van der Waals surface area contributed by atoms with Crippen LogP contribution in [0.15, 0.2) is 0 Å². The molecule has 6 unspecified atom stereocenters. The van der Waals surface area contributed by atoms with E-state index in [-0.39, 0.29) is 0 Å². The fourth-order valence-corrected chi connectivity index (χ4v) is 9.19. The van der Waals surface area contributed by atoms with Gasteiger partial charge in [-0.25, -0.2) is 0 Å². The zero-order valence-electron chi connectivity index (χ0n) is 11.9. The third kappa shape index (κ3) is 7.10. The lowest BCUT2D eigenvalue weighted by Crippen LogP contribution is -2.37. The second-order valence-electron chi connectivity index (χ2n) is 5.79. The van der Waals surface area contributed by atoms with Gasteiger partial charge in [-0.1, -0.05) is 127 Å². The Morgan fingerprint density at radius 3 is 1.09 bits per heavy atom. The Bertz CT molecular complexity index is 277. The van der Waals surface area contributed by atoms with E-state index in [4.69, 9.17) is 0 Å². The Balaban J connectivity index is 2.49. The van der Waals surface area contributed by atoms with E-state index in [1.165, 1.54) is 25.7 Å². The summed E-state index contributed by atoms with van der Waals surface area (Å²) < 4.78 is 0. The minimum atomic E-state index is 0.456. The van der Waals surface area contributed by atoms with Crippen LogP contribution >= 0.6 is 127 Å². The summed E-state index contributed by atoms with van der Waals surface area (Å²) in [5, 5.41) is 1.93. The molecule has 1 saturated carbocycles. The van der Waals surface area contributed by atoms with Crippen molar-refractivity contribution < 1.29 is 0 Å². The molecule has 0 aromatic carbocycles. The summed E-state index contributed by atoms with van der Waals surface area (Å²) in [6.45, 7) is 0. The van der Waals surface area contributed by atoms with Gasteiger partial charge in [0.25, 0.3) is 0 Å². The SMILES string of the molecule is BrCC(Br)C(Br)C(Br)C1CCC(C(Br)C(Br)C(Br)CBr)CC1. The predicted octanol–water partition coefficient (Wildman–Crippen LogP) is 8.16. The van der Waals surface area contributed by atoms with E-state index in [2.05, 4.69) is 127 Å². The van der Waals surface area contributed by atoms with Crippen LogP contribution in [0.4, 0.5) is 0 Å². The van der Waals surface area contributed by atoms with E-state index < -0.39 is 0 Å². The molecule has 0 aromatic rings. The van der Waals surface area contributed by atoms with E-state index in [0.717, 1.165) is 22.5 Å². The minimum absolute atomic E-state index is 0.456. The van der Waals surface area contributed by atoms with E-state index in [1.54, 1.807) is 0 Å². The maximum atomic E-state index is 3.93. The van der Waals surface area contributed by atoms with E-state index in [1.807, 2.05) is 0 Å². The van der Waals surface area contributed by atoms with Gasteiger partial charge in [0.2, 0.25) is 0 Å². The van der Waals surface area contributed by atoms with Gasteiger partial charge in [0.1, 0.15) is 0 Å². The summed E-state index contributed by atoms with van der Waals surface area (Å²) in [6, 6.07) is 0. The van der Waals surface area contributed by atoms with Crippen molar-refractivity contribution in [2.45, 2.75) is 54.6 Å². The highest BCUT2D eigenvalue weighted by molar-refractivity contribution is 9.15. The van der Waals surface area contributed by atoms with Crippen molar-refractivity contribution in [1.29, 1.82) is 0 Å². The molecule has 132 valence electrons. The molecule has 1 aliphatic carbocycles. The molecule has 22 heavy (non-hydrogen) atoms. The highest BCUT2D eigenvalue weighted by atomic mass is 79.9. The first kappa shape index (κ1) is 23.9. The fourth-order valence-electron chi connectivity index (χ4n) is 2.87. The predicted molar refractivity (Wildman–Crippen MR) is 129 cm³/mol. The number of halogens is 8. The van der Waals surface area contributed by atoms with Crippen LogP contribution in [0.3, 0.4) is 0 Å². The maximum Gasteiger partial charge on any atom is 0.0407 e. The number of hydrogen-bond donors (Lipinski definition) is 0. The Kier molecular flexibility index (Phi) is 13.4. The van der Waals surface area contributed by atoms with Crippen molar-refractivity contribution in [2.24, 2.45) is 11.8 Å². The van der Waals surface area contributed by atoms with E-state index in [9.17, 15) is 0 Å². The number of rotatable bonds is 8. The average molecular weight is 828 g/mol. The first-order chi connectivity index (χ1) is 10.3. The maximum absolute atomic E-state index is 3.93. The average Bonchev–Trinajstić information content (AvgIpc) is 2.57. The molecule has 1 rings (SSSR count). The number of alkyl halides is 8. The Hall–Kier alpha value is 3.84. The van der Waals surface area contributed by atoms with Gasteiger partial charge >= 0.3 is 0 Å². The van der Waals surface area contributed by atoms with Crippen LogP contribution in [0.25, 0.3) is 0 Å². The highest BCUT2D eigenvalue weighted by Gasteiger charge is 2.36. The van der Waals surface area contributed by atoms with Crippen LogP contribution in [-0.4, -0.2) is 39.6 Å². The van der Waals surface area contributed by atoms with E-state index in [0.29, 0.717) is 29.0 Å². The van der Waals surface area contributed by atoms with Gasteiger partial charge < -0.3 is 0 Å². The first-order valence-corrected chi connectivity index (χ1v) is 15.0. The summed E-state index contributed by atoms with van der Waals surface area (Å²) >= 11 is 30.2. The quantitative estimate of drug-likeness (QED) is 0.217. The molecular weight excluding hydrogens is 807 g/mol. The van der Waals surface area contributed by atoms with Gasteiger partial charge in [0.15, 0.2) is 0 Å². The second kappa shape index (κ2) is 12.3. The molecule has 0 radical (unpaired) electrons. The van der Waals surface area contributed by atoms with Crippen molar-refractivity contribution in [3.8, 4) is 0 Å². The van der Waals surface area contributed by atoms with Crippen LogP contribution in [0.2, 0.25) is 0 Å². The smallest absolute Gasteiger partial charge is 0.0407 e. The zero-order chi connectivity index (χ0) is 16.9. The summed E-state index contributed by atoms with van der Waals surface area (Å²) in [6.07, 6.45) is 5.20. The molecule has 0 aromatic heterocycles. The molecule has 0 N–H and O–H groups in total. The topological polar surface area (TPSA) is 0 Å². The molecule has 8 heteroatoms. The molecule has 0 saturated heterocycles. The van der Waals surface area contributed by atoms with Crippen LogP contribution in [-0.2, 0) is 0 Å². The Morgan fingerprint density at radius 1 is 0.591 bits per heavy atom. The van der Waals surface area contributed by atoms with Crippen molar-refractivity contribution >= 4 is 127 Å². The molecule has 1 aliphatic rings. The Morgan fingerprint density at radius 2 is 0.864 bits per heavy atom. The Labute approximate surface area is 201 Å². The molecule has 6 atom stereocenters. The van der Waals surface area contributed by atoms with Gasteiger partial charge in [-0.3, -0.25) is 0 Å². The van der Waals surface area contributed by atoms with Gasteiger partial charge in [0, 0.05) is 39.6 Å². The third-order valence-electron chi connectivity index (χ3n) is 4.31. The summed E-state index contributed by atoms with van der Waals surface area (Å²) in [5.74, 6) is 1.51. The van der Waals surface area contributed by atoms with Crippen molar-refractivity contribution in [2.75, 3.05) is 10.7 Å². The normalized spacial score (nSPS) is 31.1. The zero-order valence-corrected chi connectivity index (χ0v) is 24.6. The summed E-state index contributed by atoms with van der Waals surface area (Å²) in [5.41, 5.74) is 0. The largest absolute Gasteiger partial charge is 0.0916 e. The van der Waals surface area contributed by atoms with Crippen molar-refractivity contribution in [3.05, 3.63) is 0 Å². The van der Waals surface area contributed by atoms with Gasteiger partial charge in [0.05, 0.1) is 0 Å². The van der Waals surface area contributed by atoms with Crippen molar-refractivity contribution in [1.82, 2.24) is 0 Å². The van der Waals surface area contributed by atoms with Gasteiger partial charge in [-0.05, 0) is 37.5 Å². The standard InChI is InChI=1S/C14H20Br8/c15-5-9(17)13(21)11(19)7-1-2-8(4-3-7)12(20)14(22)10(18)6-16/h7-14H,1-6H2. The molecule has 0 aliphatic heterocycles. The number of hydrogen-bond acceptors (Lipinski definition) is 0. The molecule has 0 amide bonds. The van der Waals surface area contributed by atoms with Crippen LogP contribution in [0.1, 0.15) is 25.7 Å². The van der Waals surface area contributed by atoms with Crippen LogP contribution < -0.4 is 0 Å². The van der Waals surface area contributed by atoms with Gasteiger partial charge in [-0.15, -0.1) is 0 Å². The van der Waals surface area contributed by atoms with Crippen LogP contribution in [0, 0.1) is 11.8 Å². The lowest BCUT2D eigenvalue weighted by atomic mass is 9.78. The molecule has 0 bridgehead atoms. The summed E-state index contributed by atoms with van der Waals surface area (Å²) in [4.78, 5) is 2.87. The van der Waals surface area contributed by atoms with Gasteiger partial charge in [-0.2, -0.15) is 0 Å². The summed E-state index contributed by atoms with van der Waals surface area (Å²) in [7, 11) is 0. The van der Waals surface area contributed by atoms with Crippen LogP contribution in [0.5, 0.6) is 0 Å². The fraction of sp³-hybridized carbons (Fsp3) is 1.00. The molecule has 0 spiro atoms. The monoisotopic (exact) mass is 820 g/mol.